The Morgan fingerprint density at radius 2 is 1.96 bits per heavy atom. The number of H-pyrrole nitrogens is 1. The average molecular weight is 379 g/mol. The van der Waals surface area contributed by atoms with E-state index in [-0.39, 0.29) is 18.2 Å². The van der Waals surface area contributed by atoms with Gasteiger partial charge in [-0.3, -0.25) is 20.0 Å². The monoisotopic (exact) mass is 379 g/mol. The summed E-state index contributed by atoms with van der Waals surface area (Å²) in [7, 11) is 0. The normalized spacial score (nSPS) is 12.3. The molecule has 28 heavy (non-hydrogen) atoms. The Morgan fingerprint density at radius 1 is 1.18 bits per heavy atom. The third kappa shape index (κ3) is 3.51. The van der Waals surface area contributed by atoms with Crippen LogP contribution in [0.2, 0.25) is 0 Å². The molecule has 1 aromatic heterocycles. The van der Waals surface area contributed by atoms with Crippen molar-refractivity contribution >= 4 is 17.8 Å². The van der Waals surface area contributed by atoms with Gasteiger partial charge in [0.25, 0.3) is 11.6 Å². The van der Waals surface area contributed by atoms with Crippen LogP contribution in [0.3, 0.4) is 0 Å². The van der Waals surface area contributed by atoms with E-state index < -0.39 is 10.8 Å². The van der Waals surface area contributed by atoms with Crippen molar-refractivity contribution in [2.75, 3.05) is 6.79 Å². The Labute approximate surface area is 157 Å². The number of nitro groups is 1. The van der Waals surface area contributed by atoms with Crippen molar-refractivity contribution in [3.63, 3.8) is 0 Å². The number of aromatic nitrogens is 2. The molecule has 0 aliphatic carbocycles. The van der Waals surface area contributed by atoms with Crippen molar-refractivity contribution in [3.8, 4) is 22.8 Å². The van der Waals surface area contributed by atoms with Crippen LogP contribution in [0.15, 0.2) is 53.6 Å². The largest absolute Gasteiger partial charge is 0.454 e. The summed E-state index contributed by atoms with van der Waals surface area (Å²) in [6.45, 7) is 0.180. The zero-order chi connectivity index (χ0) is 19.5. The number of hydrogen-bond donors (Lipinski definition) is 2. The van der Waals surface area contributed by atoms with Crippen molar-refractivity contribution in [2.45, 2.75) is 0 Å². The Morgan fingerprint density at radius 3 is 2.75 bits per heavy atom. The number of benzene rings is 2. The Kier molecular flexibility index (Phi) is 4.42. The van der Waals surface area contributed by atoms with E-state index >= 15 is 0 Å². The molecule has 0 spiro atoms. The van der Waals surface area contributed by atoms with Crippen LogP contribution in [-0.2, 0) is 0 Å². The first-order valence-electron chi connectivity index (χ1n) is 8.13. The number of carbonyl (C=O) groups excluding carboxylic acids is 1. The second-order valence-corrected chi connectivity index (χ2v) is 5.78. The van der Waals surface area contributed by atoms with Crippen LogP contribution in [0.1, 0.15) is 16.1 Å². The number of carbonyl (C=O) groups is 1. The molecule has 0 unspecified atom stereocenters. The Bertz CT molecular complexity index is 1070. The first-order chi connectivity index (χ1) is 13.6. The number of ether oxygens (including phenoxy) is 2. The number of amides is 1. The molecule has 10 nitrogen and oxygen atoms in total. The molecule has 3 aromatic rings. The lowest BCUT2D eigenvalue weighted by Crippen LogP contribution is -2.17. The minimum atomic E-state index is -0.487. The van der Waals surface area contributed by atoms with Crippen LogP contribution < -0.4 is 14.9 Å². The average Bonchev–Trinajstić information content (AvgIpc) is 3.37. The zero-order valence-electron chi connectivity index (χ0n) is 14.3. The lowest BCUT2D eigenvalue weighted by molar-refractivity contribution is -0.384. The summed E-state index contributed by atoms with van der Waals surface area (Å²) in [6, 6.07) is 12.7. The lowest BCUT2D eigenvalue weighted by Gasteiger charge is -1.99. The number of nitrogens with one attached hydrogen (secondary N) is 2. The number of hydrazone groups is 1. The Hall–Kier alpha value is -4.21. The van der Waals surface area contributed by atoms with Crippen molar-refractivity contribution in [1.82, 2.24) is 15.6 Å². The number of nitro benzene ring substituents is 1. The molecule has 0 radical (unpaired) electrons. The highest BCUT2D eigenvalue weighted by molar-refractivity contribution is 5.94. The number of hydrogen-bond acceptors (Lipinski definition) is 7. The highest BCUT2D eigenvalue weighted by atomic mass is 16.7. The standard InChI is InChI=1S/C18H13N5O5/c24-18(22-19-9-11-1-4-13(5-2-11)23(25)26)15-8-14(20-21-15)12-3-6-16-17(7-12)28-10-27-16/h1-9H,10H2,(H,20,21)(H,22,24). The predicted octanol–water partition coefficient (Wildman–Crippen LogP) is 2.48. The highest BCUT2D eigenvalue weighted by Gasteiger charge is 2.16. The molecule has 10 heteroatoms. The van der Waals surface area contributed by atoms with Crippen LogP contribution in [0.25, 0.3) is 11.3 Å². The quantitative estimate of drug-likeness (QED) is 0.398. The van der Waals surface area contributed by atoms with Crippen LogP contribution >= 0.6 is 0 Å². The third-order valence-corrected chi connectivity index (χ3v) is 3.97. The fourth-order valence-corrected chi connectivity index (χ4v) is 2.55. The van der Waals surface area contributed by atoms with Gasteiger partial charge in [0, 0.05) is 17.7 Å². The predicted molar refractivity (Wildman–Crippen MR) is 98.3 cm³/mol. The second-order valence-electron chi connectivity index (χ2n) is 5.78. The molecular weight excluding hydrogens is 366 g/mol. The highest BCUT2D eigenvalue weighted by Crippen LogP contribution is 2.35. The van der Waals surface area contributed by atoms with E-state index in [1.54, 1.807) is 18.2 Å². The second kappa shape index (κ2) is 7.19. The number of fused-ring (bicyclic) bond motifs is 1. The van der Waals surface area contributed by atoms with E-state index in [9.17, 15) is 14.9 Å². The summed E-state index contributed by atoms with van der Waals surface area (Å²) in [6.07, 6.45) is 1.39. The summed E-state index contributed by atoms with van der Waals surface area (Å²) >= 11 is 0. The zero-order valence-corrected chi connectivity index (χ0v) is 14.3. The molecule has 2 aromatic carbocycles. The third-order valence-electron chi connectivity index (χ3n) is 3.97. The first-order valence-corrected chi connectivity index (χ1v) is 8.13. The summed E-state index contributed by atoms with van der Waals surface area (Å²) in [5.41, 5.74) is 4.54. The maximum Gasteiger partial charge on any atom is 0.289 e. The van der Waals surface area contributed by atoms with Gasteiger partial charge in [0.15, 0.2) is 11.5 Å². The molecule has 0 fully saturated rings. The van der Waals surface area contributed by atoms with Gasteiger partial charge in [0.1, 0.15) is 5.69 Å². The minimum Gasteiger partial charge on any atom is -0.454 e. The van der Waals surface area contributed by atoms with Gasteiger partial charge in [0.2, 0.25) is 6.79 Å². The molecule has 1 aliphatic heterocycles. The molecule has 0 bridgehead atoms. The van der Waals surface area contributed by atoms with Crippen molar-refractivity contribution in [3.05, 3.63) is 69.9 Å². The van der Waals surface area contributed by atoms with Crippen LogP contribution in [0.4, 0.5) is 5.69 Å². The van der Waals surface area contributed by atoms with Crippen LogP contribution in [0.5, 0.6) is 11.5 Å². The van der Waals surface area contributed by atoms with Gasteiger partial charge < -0.3 is 9.47 Å². The molecular formula is C18H13N5O5. The lowest BCUT2D eigenvalue weighted by atomic mass is 10.1. The van der Waals surface area contributed by atoms with E-state index in [4.69, 9.17) is 9.47 Å². The van der Waals surface area contributed by atoms with Gasteiger partial charge in [-0.25, -0.2) is 5.43 Å². The van der Waals surface area contributed by atoms with E-state index in [2.05, 4.69) is 20.7 Å². The van der Waals surface area contributed by atoms with Crippen molar-refractivity contribution in [2.24, 2.45) is 5.10 Å². The SMILES string of the molecule is O=C(NN=Cc1ccc([N+](=O)[O-])cc1)c1cc(-c2ccc3c(c2)OCO3)n[nH]1. The van der Waals surface area contributed by atoms with Crippen molar-refractivity contribution < 1.29 is 19.2 Å². The van der Waals surface area contributed by atoms with E-state index in [0.29, 0.717) is 22.8 Å². The molecule has 2 N–H and O–H groups in total. The van der Waals surface area contributed by atoms with E-state index in [0.717, 1.165) is 5.56 Å². The molecule has 2 heterocycles. The fraction of sp³-hybridized carbons (Fsp3) is 0.0556. The van der Waals surface area contributed by atoms with Crippen LogP contribution in [0, 0.1) is 10.1 Å². The number of non-ortho nitro benzene ring substituents is 1. The summed E-state index contributed by atoms with van der Waals surface area (Å²) in [5, 5.41) is 21.3. The fourth-order valence-electron chi connectivity index (χ4n) is 2.55. The number of rotatable bonds is 5. The van der Waals surface area contributed by atoms with Gasteiger partial charge in [-0.05, 0) is 42.0 Å². The maximum absolute atomic E-state index is 12.2. The van der Waals surface area contributed by atoms with Gasteiger partial charge in [-0.1, -0.05) is 0 Å². The molecule has 0 atom stereocenters. The summed E-state index contributed by atoms with van der Waals surface area (Å²) < 4.78 is 10.6. The minimum absolute atomic E-state index is 0.0188. The van der Waals surface area contributed by atoms with Gasteiger partial charge in [-0.15, -0.1) is 0 Å². The molecule has 4 rings (SSSR count). The summed E-state index contributed by atoms with van der Waals surface area (Å²) in [4.78, 5) is 22.3. The van der Waals surface area contributed by atoms with Gasteiger partial charge in [-0.2, -0.15) is 10.2 Å². The number of nitrogens with zero attached hydrogens (tertiary/aromatic N) is 3. The van der Waals surface area contributed by atoms with E-state index in [1.807, 2.05) is 6.07 Å². The Balaban J connectivity index is 1.41. The topological polar surface area (TPSA) is 132 Å². The first kappa shape index (κ1) is 17.2. The van der Waals surface area contributed by atoms with E-state index in [1.165, 1.54) is 30.5 Å². The summed E-state index contributed by atoms with van der Waals surface area (Å²) in [5.74, 6) is 0.815. The maximum atomic E-state index is 12.2. The molecule has 1 amide bonds. The molecule has 0 saturated heterocycles. The molecule has 140 valence electrons. The van der Waals surface area contributed by atoms with Crippen LogP contribution in [-0.4, -0.2) is 34.0 Å². The molecule has 1 aliphatic rings. The van der Waals surface area contributed by atoms with Gasteiger partial charge >= 0.3 is 0 Å². The van der Waals surface area contributed by atoms with Gasteiger partial charge in [0.05, 0.1) is 16.8 Å². The smallest absolute Gasteiger partial charge is 0.289 e. The number of aromatic amines is 1. The molecule has 0 saturated carbocycles. The van der Waals surface area contributed by atoms with Crippen molar-refractivity contribution in [1.29, 1.82) is 0 Å².